The molecule has 0 radical (unpaired) electrons. The molecule has 0 spiro atoms. The maximum absolute atomic E-state index is 13.5. The van der Waals surface area contributed by atoms with E-state index in [4.69, 9.17) is 9.47 Å². The summed E-state index contributed by atoms with van der Waals surface area (Å²) in [4.78, 5) is 24.3. The maximum Gasteiger partial charge on any atom is 0.251 e. The number of carbonyl (C=O) groups excluding carboxylic acids is 1. The van der Waals surface area contributed by atoms with Gasteiger partial charge in [-0.25, -0.2) is 4.98 Å². The van der Waals surface area contributed by atoms with E-state index < -0.39 is 11.2 Å². The molecule has 0 saturated carbocycles. The Morgan fingerprint density at radius 1 is 0.978 bits per heavy atom. The van der Waals surface area contributed by atoms with E-state index in [2.05, 4.69) is 64.4 Å². The highest BCUT2D eigenvalue weighted by atomic mass is 32.2. The van der Waals surface area contributed by atoms with Gasteiger partial charge in [0, 0.05) is 66.2 Å². The molecule has 240 valence electrons. The largest absolute Gasteiger partial charge is 0.610 e. The molecule has 2 aromatic carbocycles. The SMILES string of the molecule is CCCCOCCOc1ccc(-c2ccc3c(c2)C=C(C(=O)Nc2ccc([S+]([O-])Cc4cccnc4)nc2)CCN3CCC)cc1. The normalized spacial score (nSPS) is 13.4. The van der Waals surface area contributed by atoms with Gasteiger partial charge in [0.2, 0.25) is 5.03 Å². The average Bonchev–Trinajstić information content (AvgIpc) is 3.27. The van der Waals surface area contributed by atoms with E-state index in [1.807, 2.05) is 30.3 Å². The summed E-state index contributed by atoms with van der Waals surface area (Å²) in [6.45, 7) is 7.85. The van der Waals surface area contributed by atoms with Crippen molar-refractivity contribution in [3.8, 4) is 16.9 Å². The molecule has 4 aromatic rings. The summed E-state index contributed by atoms with van der Waals surface area (Å²) in [7, 11) is 0. The number of aromatic nitrogens is 2. The monoisotopic (exact) mass is 638 g/mol. The first-order valence-corrected chi connectivity index (χ1v) is 17.3. The van der Waals surface area contributed by atoms with Crippen LogP contribution in [-0.4, -0.2) is 53.3 Å². The number of rotatable bonds is 15. The number of pyridine rings is 2. The fraction of sp³-hybridized carbons (Fsp3) is 0.324. The number of unbranched alkanes of at least 4 members (excludes halogenated alkanes) is 1. The van der Waals surface area contributed by atoms with Crippen LogP contribution in [0.3, 0.4) is 0 Å². The maximum atomic E-state index is 13.5. The molecule has 1 aliphatic heterocycles. The van der Waals surface area contributed by atoms with Crippen molar-refractivity contribution in [2.24, 2.45) is 0 Å². The summed E-state index contributed by atoms with van der Waals surface area (Å²) >= 11 is -1.31. The first-order chi connectivity index (χ1) is 22.5. The van der Waals surface area contributed by atoms with Gasteiger partial charge in [-0.05, 0) is 78.4 Å². The average molecular weight is 639 g/mol. The minimum absolute atomic E-state index is 0.166. The fourth-order valence-electron chi connectivity index (χ4n) is 5.27. The Hall–Kier alpha value is -4.18. The van der Waals surface area contributed by atoms with Gasteiger partial charge in [0.1, 0.15) is 18.1 Å². The van der Waals surface area contributed by atoms with Crippen molar-refractivity contribution >= 4 is 34.5 Å². The molecule has 3 heterocycles. The quantitative estimate of drug-likeness (QED) is 0.108. The molecule has 8 nitrogen and oxygen atoms in total. The third-order valence-electron chi connectivity index (χ3n) is 7.71. The van der Waals surface area contributed by atoms with E-state index in [1.54, 1.807) is 30.7 Å². The zero-order valence-corrected chi connectivity index (χ0v) is 27.4. The predicted octanol–water partition coefficient (Wildman–Crippen LogP) is 7.29. The first-order valence-electron chi connectivity index (χ1n) is 16.0. The molecule has 0 saturated heterocycles. The summed E-state index contributed by atoms with van der Waals surface area (Å²) in [6, 6.07) is 21.7. The second-order valence-corrected chi connectivity index (χ2v) is 12.6. The Kier molecular flexibility index (Phi) is 12.2. The Morgan fingerprint density at radius 2 is 1.83 bits per heavy atom. The van der Waals surface area contributed by atoms with Crippen LogP contribution < -0.4 is 15.0 Å². The molecular weight excluding hydrogens is 596 g/mol. The van der Waals surface area contributed by atoms with Crippen LogP contribution in [0.15, 0.2) is 95.9 Å². The standard InChI is InChI=1S/C37H42N4O4S/c1-3-5-20-44-21-22-45-34-12-8-29(9-13-34)30-10-14-35-32(23-30)24-31(16-19-41(35)18-4-2)37(42)40-33-11-15-36(39-26-33)46(43)27-28-7-6-17-38-25-28/h6-15,17,23-26H,3-5,16,18-22,27H2,1-2H3,(H,40,42). The molecule has 1 aliphatic rings. The summed E-state index contributed by atoms with van der Waals surface area (Å²) in [5.41, 5.74) is 6.42. The number of nitrogens with one attached hydrogen (secondary N) is 1. The minimum Gasteiger partial charge on any atom is -0.610 e. The van der Waals surface area contributed by atoms with Gasteiger partial charge in [-0.1, -0.05) is 44.5 Å². The molecule has 1 amide bonds. The van der Waals surface area contributed by atoms with Crippen LogP contribution in [0.1, 0.15) is 50.7 Å². The lowest BCUT2D eigenvalue weighted by Gasteiger charge is -2.25. The molecule has 46 heavy (non-hydrogen) atoms. The zero-order valence-electron chi connectivity index (χ0n) is 26.6. The zero-order chi connectivity index (χ0) is 32.1. The van der Waals surface area contributed by atoms with Crippen molar-refractivity contribution < 1.29 is 18.8 Å². The van der Waals surface area contributed by atoms with Gasteiger partial charge in [0.05, 0.1) is 18.5 Å². The van der Waals surface area contributed by atoms with Crippen molar-refractivity contribution in [2.75, 3.05) is 43.1 Å². The van der Waals surface area contributed by atoms with Crippen molar-refractivity contribution in [3.05, 3.63) is 102 Å². The Bertz CT molecular complexity index is 1580. The topological polar surface area (TPSA) is 99.6 Å². The second kappa shape index (κ2) is 16.9. The third kappa shape index (κ3) is 9.19. The number of carbonyl (C=O) groups is 1. The number of hydrogen-bond acceptors (Lipinski definition) is 7. The number of benzene rings is 2. The molecule has 9 heteroatoms. The van der Waals surface area contributed by atoms with Crippen molar-refractivity contribution in [3.63, 3.8) is 0 Å². The van der Waals surface area contributed by atoms with Crippen molar-refractivity contribution in [1.82, 2.24) is 9.97 Å². The van der Waals surface area contributed by atoms with Crippen molar-refractivity contribution in [1.29, 1.82) is 0 Å². The molecule has 0 fully saturated rings. The van der Waals surface area contributed by atoms with E-state index in [0.717, 1.165) is 72.6 Å². The minimum atomic E-state index is -1.31. The van der Waals surface area contributed by atoms with E-state index in [1.165, 1.54) is 0 Å². The van der Waals surface area contributed by atoms with E-state index in [9.17, 15) is 9.35 Å². The number of amides is 1. The highest BCUT2D eigenvalue weighted by Crippen LogP contribution is 2.33. The number of anilines is 2. The number of nitrogens with zero attached hydrogens (tertiary/aromatic N) is 3. The van der Waals surface area contributed by atoms with Gasteiger partial charge in [0.25, 0.3) is 5.91 Å². The lowest BCUT2D eigenvalue weighted by Crippen LogP contribution is -2.26. The lowest BCUT2D eigenvalue weighted by molar-refractivity contribution is -0.112. The van der Waals surface area contributed by atoms with Gasteiger partial charge < -0.3 is 24.2 Å². The predicted molar refractivity (Wildman–Crippen MR) is 185 cm³/mol. The fourth-order valence-corrected chi connectivity index (χ4v) is 6.29. The summed E-state index contributed by atoms with van der Waals surface area (Å²) in [5, 5.41) is 3.46. The van der Waals surface area contributed by atoms with Crippen LogP contribution in [0, 0.1) is 0 Å². The highest BCUT2D eigenvalue weighted by molar-refractivity contribution is 7.90. The Morgan fingerprint density at radius 3 is 2.57 bits per heavy atom. The van der Waals surface area contributed by atoms with Crippen LogP contribution >= 0.6 is 0 Å². The Labute approximate surface area is 275 Å². The van der Waals surface area contributed by atoms with E-state index in [-0.39, 0.29) is 5.91 Å². The van der Waals surface area contributed by atoms with E-state index in [0.29, 0.717) is 41.7 Å². The second-order valence-electron chi connectivity index (χ2n) is 11.2. The molecule has 0 bridgehead atoms. The first kappa shape index (κ1) is 33.2. The molecule has 1 atom stereocenters. The van der Waals surface area contributed by atoms with Gasteiger partial charge in [-0.2, -0.15) is 0 Å². The van der Waals surface area contributed by atoms with Gasteiger partial charge in [-0.3, -0.25) is 9.78 Å². The van der Waals surface area contributed by atoms with Crippen LogP contribution in [0.2, 0.25) is 0 Å². The summed E-state index contributed by atoms with van der Waals surface area (Å²) in [6.07, 6.45) is 10.8. The Balaban J connectivity index is 1.27. The highest BCUT2D eigenvalue weighted by Gasteiger charge is 2.21. The van der Waals surface area contributed by atoms with Crippen molar-refractivity contribution in [2.45, 2.75) is 50.3 Å². The molecule has 2 aromatic heterocycles. The summed E-state index contributed by atoms with van der Waals surface area (Å²) < 4.78 is 24.2. The van der Waals surface area contributed by atoms with Crippen LogP contribution in [0.25, 0.3) is 17.2 Å². The molecule has 5 rings (SSSR count). The van der Waals surface area contributed by atoms with Gasteiger partial charge in [-0.15, -0.1) is 0 Å². The number of fused-ring (bicyclic) bond motifs is 1. The molecule has 0 aliphatic carbocycles. The van der Waals surface area contributed by atoms with Crippen LogP contribution in [0.4, 0.5) is 11.4 Å². The van der Waals surface area contributed by atoms with Crippen LogP contribution in [-0.2, 0) is 26.5 Å². The molecule has 1 unspecified atom stereocenters. The molecule has 1 N–H and O–H groups in total. The van der Waals surface area contributed by atoms with Gasteiger partial charge in [0.15, 0.2) is 0 Å². The number of ether oxygens (including phenoxy) is 2. The van der Waals surface area contributed by atoms with Crippen LogP contribution in [0.5, 0.6) is 5.75 Å². The molecular formula is C37H42N4O4S. The van der Waals surface area contributed by atoms with E-state index >= 15 is 0 Å². The smallest absolute Gasteiger partial charge is 0.251 e. The third-order valence-corrected chi connectivity index (χ3v) is 9.01. The lowest BCUT2D eigenvalue weighted by atomic mass is 10.00. The van der Waals surface area contributed by atoms with Gasteiger partial charge >= 0.3 is 0 Å². The summed E-state index contributed by atoms with van der Waals surface area (Å²) in [5.74, 6) is 0.982. The number of hydrogen-bond donors (Lipinski definition) is 1.